The highest BCUT2D eigenvalue weighted by Gasteiger charge is 2.20. The molecule has 0 bridgehead atoms. The summed E-state index contributed by atoms with van der Waals surface area (Å²) < 4.78 is 2.42. The van der Waals surface area contributed by atoms with Gasteiger partial charge in [0.1, 0.15) is 0 Å². The molecule has 0 amide bonds. The Morgan fingerprint density at radius 3 is 2.37 bits per heavy atom. The van der Waals surface area contributed by atoms with Crippen LogP contribution in [0.2, 0.25) is 0 Å². The molecule has 0 saturated heterocycles. The van der Waals surface area contributed by atoms with E-state index in [1.54, 1.807) is 0 Å². The summed E-state index contributed by atoms with van der Waals surface area (Å²) in [6.45, 7) is 4.12. The summed E-state index contributed by atoms with van der Waals surface area (Å²) in [4.78, 5) is 0. The second kappa shape index (κ2) is 12.5. The van der Waals surface area contributed by atoms with Crippen molar-refractivity contribution >= 4 is 43.8 Å². The molecule has 1 aromatic heterocycles. The summed E-state index contributed by atoms with van der Waals surface area (Å²) in [5.41, 5.74) is 22.5. The van der Waals surface area contributed by atoms with E-state index in [0.29, 0.717) is 18.3 Å². The molecule has 2 aliphatic rings. The zero-order chi connectivity index (χ0) is 31.6. The average molecular weight is 598 g/mol. The summed E-state index contributed by atoms with van der Waals surface area (Å²) in [7, 11) is 0. The first-order chi connectivity index (χ1) is 22.5. The molecule has 0 radical (unpaired) electrons. The second-order valence-corrected chi connectivity index (χ2v) is 12.4. The number of aromatic nitrogens is 1. The molecule has 1 heterocycles. The normalized spacial score (nSPS) is 18.1. The van der Waals surface area contributed by atoms with Crippen molar-refractivity contribution in [3.8, 4) is 5.69 Å². The fraction of sp³-hybridized carbons (Fsp3) is 0.116. The summed E-state index contributed by atoms with van der Waals surface area (Å²) in [6, 6.07) is 28.6. The van der Waals surface area contributed by atoms with E-state index in [1.165, 1.54) is 43.9 Å². The van der Waals surface area contributed by atoms with Crippen molar-refractivity contribution in [2.45, 2.75) is 20.3 Å². The first kappa shape index (κ1) is 29.2. The Kier molecular flexibility index (Phi) is 7.90. The lowest BCUT2D eigenvalue weighted by Gasteiger charge is -2.23. The summed E-state index contributed by atoms with van der Waals surface area (Å²) in [5.74, 6) is 0.844. The van der Waals surface area contributed by atoms with Gasteiger partial charge in [0.2, 0.25) is 0 Å². The van der Waals surface area contributed by atoms with Crippen LogP contribution in [0.1, 0.15) is 31.4 Å². The van der Waals surface area contributed by atoms with Crippen LogP contribution in [0.3, 0.4) is 0 Å². The van der Waals surface area contributed by atoms with Gasteiger partial charge >= 0.3 is 0 Å². The molecule has 2 atom stereocenters. The third-order valence-corrected chi connectivity index (χ3v) is 8.91. The first-order valence-corrected chi connectivity index (χ1v) is 16.0. The van der Waals surface area contributed by atoms with Crippen molar-refractivity contribution in [1.82, 2.24) is 4.57 Å². The van der Waals surface area contributed by atoms with E-state index in [0.717, 1.165) is 28.0 Å². The number of fused-ring (bicyclic) bond motifs is 6. The Bertz CT molecular complexity index is 2210. The zero-order valence-electron chi connectivity index (χ0n) is 26.4. The predicted molar refractivity (Wildman–Crippen MR) is 198 cm³/mol. The number of hydrogen-bond acceptors (Lipinski definition) is 2. The van der Waals surface area contributed by atoms with Crippen LogP contribution in [-0.4, -0.2) is 4.57 Å². The van der Waals surface area contributed by atoms with Gasteiger partial charge in [0.05, 0.1) is 11.0 Å². The van der Waals surface area contributed by atoms with Crippen LogP contribution in [0.15, 0.2) is 163 Å². The summed E-state index contributed by atoms with van der Waals surface area (Å²) in [6.07, 6.45) is 26.5. The summed E-state index contributed by atoms with van der Waals surface area (Å²) >= 11 is 0. The molecule has 2 aliphatic carbocycles. The van der Waals surface area contributed by atoms with Crippen LogP contribution in [0.4, 0.5) is 0 Å². The molecule has 46 heavy (non-hydrogen) atoms. The Morgan fingerprint density at radius 2 is 1.54 bits per heavy atom. The Morgan fingerprint density at radius 1 is 0.761 bits per heavy atom. The molecular weight excluding hydrogens is 558 g/mol. The standard InChI is InChI=1S/C43H39N3/c1-29(2)16-22-36(44)12-8-9-15-41(45)35-21-23-38-34(27-35)20-25-40-39-24-19-33(32-18-17-30-10-6-7-11-31(30)26-32)28-42(39)46(43(38)40)37-13-4-3-5-14-37/h3-11,13-28,30-31H,12,44-45H2,1-2H3/b9-8-,36-22-,41-15-. The molecule has 4 aromatic carbocycles. The lowest BCUT2D eigenvalue weighted by Crippen LogP contribution is -2.11. The van der Waals surface area contributed by atoms with Crippen molar-refractivity contribution in [3.05, 3.63) is 174 Å². The van der Waals surface area contributed by atoms with Gasteiger partial charge in [-0.1, -0.05) is 121 Å². The third kappa shape index (κ3) is 5.68. The topological polar surface area (TPSA) is 57.0 Å². The molecule has 0 aliphatic heterocycles. The predicted octanol–water partition coefficient (Wildman–Crippen LogP) is 10.3. The Balaban J connectivity index is 1.30. The SMILES string of the molecule is CC(C)=C/C=C(\N)C/C=C\C=C(/N)c1ccc2c(ccc3c4ccc(C5=CC6C=CC=CC6C=C5)cc4n(-c4ccccc4)c23)c1. The molecule has 3 nitrogen and oxygen atoms in total. The maximum absolute atomic E-state index is 6.56. The maximum atomic E-state index is 6.56. The lowest BCUT2D eigenvalue weighted by molar-refractivity contribution is 0.663. The number of benzene rings is 4. The fourth-order valence-electron chi connectivity index (χ4n) is 6.53. The Labute approximate surface area is 271 Å². The number of rotatable bonds is 7. The van der Waals surface area contributed by atoms with E-state index < -0.39 is 0 Å². The van der Waals surface area contributed by atoms with Crippen molar-refractivity contribution in [1.29, 1.82) is 0 Å². The Hall–Kier alpha value is -5.54. The molecule has 0 saturated carbocycles. The molecule has 226 valence electrons. The quantitative estimate of drug-likeness (QED) is 0.183. The monoisotopic (exact) mass is 597 g/mol. The minimum Gasteiger partial charge on any atom is -0.402 e. The zero-order valence-corrected chi connectivity index (χ0v) is 26.4. The van der Waals surface area contributed by atoms with Crippen LogP contribution in [0.5, 0.6) is 0 Å². The van der Waals surface area contributed by atoms with Crippen LogP contribution >= 0.6 is 0 Å². The van der Waals surface area contributed by atoms with Crippen molar-refractivity contribution in [3.63, 3.8) is 0 Å². The third-order valence-electron chi connectivity index (χ3n) is 8.91. The van der Waals surface area contributed by atoms with Crippen LogP contribution in [0.25, 0.3) is 49.5 Å². The van der Waals surface area contributed by atoms with Gasteiger partial charge in [-0.05, 0) is 72.4 Å². The van der Waals surface area contributed by atoms with Crippen LogP contribution < -0.4 is 11.5 Å². The maximum Gasteiger partial charge on any atom is 0.0619 e. The van der Waals surface area contributed by atoms with Crippen molar-refractivity contribution in [2.75, 3.05) is 0 Å². The van der Waals surface area contributed by atoms with Crippen LogP contribution in [0, 0.1) is 11.8 Å². The molecule has 0 spiro atoms. The van der Waals surface area contributed by atoms with Gasteiger partial charge in [-0.15, -0.1) is 0 Å². The van der Waals surface area contributed by atoms with E-state index in [2.05, 4.69) is 140 Å². The molecule has 5 aromatic rings. The van der Waals surface area contributed by atoms with E-state index in [-0.39, 0.29) is 0 Å². The number of nitrogens with zero attached hydrogens (tertiary/aromatic N) is 1. The number of para-hydroxylation sites is 1. The van der Waals surface area contributed by atoms with E-state index in [4.69, 9.17) is 11.5 Å². The molecular formula is C43H39N3. The highest BCUT2D eigenvalue weighted by molar-refractivity contribution is 6.19. The van der Waals surface area contributed by atoms with E-state index in [9.17, 15) is 0 Å². The van der Waals surface area contributed by atoms with Gasteiger partial charge in [0.25, 0.3) is 0 Å². The van der Waals surface area contributed by atoms with Gasteiger partial charge < -0.3 is 16.0 Å². The van der Waals surface area contributed by atoms with E-state index in [1.807, 2.05) is 30.4 Å². The highest BCUT2D eigenvalue weighted by Crippen LogP contribution is 2.39. The smallest absolute Gasteiger partial charge is 0.0619 e. The second-order valence-electron chi connectivity index (χ2n) is 12.4. The summed E-state index contributed by atoms with van der Waals surface area (Å²) in [5, 5.41) is 4.84. The lowest BCUT2D eigenvalue weighted by atomic mass is 9.81. The van der Waals surface area contributed by atoms with Gasteiger partial charge in [0, 0.05) is 51.5 Å². The first-order valence-electron chi connectivity index (χ1n) is 16.0. The minimum absolute atomic E-state index is 0.401. The average Bonchev–Trinajstić information content (AvgIpc) is 3.43. The number of allylic oxidation sites excluding steroid dienone is 14. The number of hydrogen-bond donors (Lipinski definition) is 2. The largest absolute Gasteiger partial charge is 0.402 e. The fourth-order valence-corrected chi connectivity index (χ4v) is 6.53. The van der Waals surface area contributed by atoms with Gasteiger partial charge in [-0.2, -0.15) is 0 Å². The highest BCUT2D eigenvalue weighted by atomic mass is 15.0. The molecule has 3 heteroatoms. The number of nitrogens with two attached hydrogens (primary N) is 2. The molecule has 7 rings (SSSR count). The molecule has 4 N–H and O–H groups in total. The van der Waals surface area contributed by atoms with Crippen molar-refractivity contribution in [2.24, 2.45) is 23.3 Å². The van der Waals surface area contributed by atoms with Crippen molar-refractivity contribution < 1.29 is 0 Å². The van der Waals surface area contributed by atoms with E-state index >= 15 is 0 Å². The minimum atomic E-state index is 0.401. The van der Waals surface area contributed by atoms with Gasteiger partial charge in [-0.3, -0.25) is 0 Å². The van der Waals surface area contributed by atoms with Gasteiger partial charge in [-0.25, -0.2) is 0 Å². The van der Waals surface area contributed by atoms with Gasteiger partial charge in [0.15, 0.2) is 0 Å². The van der Waals surface area contributed by atoms with Crippen LogP contribution in [-0.2, 0) is 0 Å². The molecule has 2 unspecified atom stereocenters. The molecule has 0 fully saturated rings.